The molecule has 0 N–H and O–H groups in total. The smallest absolute Gasteiger partial charge is 0.0847 e. The van der Waals surface area contributed by atoms with Crippen molar-refractivity contribution in [1.82, 2.24) is 0 Å². The molecule has 19 heavy (non-hydrogen) atoms. The quantitative estimate of drug-likeness (QED) is 0.432. The van der Waals surface area contributed by atoms with Gasteiger partial charge in [0.2, 0.25) is 0 Å². The van der Waals surface area contributed by atoms with E-state index in [9.17, 15) is 0 Å². The lowest BCUT2D eigenvalue weighted by Crippen LogP contribution is -1.96. The summed E-state index contributed by atoms with van der Waals surface area (Å²) in [4.78, 5) is 0. The Labute approximate surface area is 144 Å². The van der Waals surface area contributed by atoms with E-state index >= 15 is 0 Å². The molecule has 0 spiro atoms. The van der Waals surface area contributed by atoms with E-state index in [0.717, 1.165) is 25.6 Å². The fourth-order valence-corrected chi connectivity index (χ4v) is 3.51. The highest BCUT2D eigenvalue weighted by Gasteiger charge is 2.16. The Morgan fingerprint density at radius 1 is 0.947 bits per heavy atom. The molecule has 0 fully saturated rings. The third-order valence-electron chi connectivity index (χ3n) is 2.79. The third kappa shape index (κ3) is 3.48. The zero-order chi connectivity index (χ0) is 14.2. The molecule has 1 unspecified atom stereocenters. The van der Waals surface area contributed by atoms with Crippen LogP contribution in [0, 0.1) is 6.92 Å². The van der Waals surface area contributed by atoms with Gasteiger partial charge >= 0.3 is 0 Å². The maximum absolute atomic E-state index is 6.53. The van der Waals surface area contributed by atoms with Gasteiger partial charge in [-0.3, -0.25) is 0 Å². The zero-order valence-electron chi connectivity index (χ0n) is 9.85. The predicted octanol–water partition coefficient (Wildman–Crippen LogP) is 7.16. The first kappa shape index (κ1) is 15.7. The minimum atomic E-state index is -0.291. The Kier molecular flexibility index (Phi) is 5.24. The molecule has 0 heterocycles. The lowest BCUT2D eigenvalue weighted by molar-refractivity contribution is 1.12. The van der Waals surface area contributed by atoms with Crippen molar-refractivity contribution in [2.24, 2.45) is 0 Å². The lowest BCUT2D eigenvalue weighted by Gasteiger charge is -2.15. The largest absolute Gasteiger partial charge is 0.113 e. The first-order valence-electron chi connectivity index (χ1n) is 5.44. The number of rotatable bonds is 2. The van der Waals surface area contributed by atoms with Gasteiger partial charge in [0.05, 0.1) is 15.4 Å². The summed E-state index contributed by atoms with van der Waals surface area (Å²) >= 11 is 25.5. The first-order valence-corrected chi connectivity index (χ1v) is 8.22. The van der Waals surface area contributed by atoms with Crippen molar-refractivity contribution in [2.75, 3.05) is 0 Å². The van der Waals surface area contributed by atoms with E-state index in [4.69, 9.17) is 34.8 Å². The first-order chi connectivity index (χ1) is 8.90. The normalized spacial score (nSPS) is 12.5. The van der Waals surface area contributed by atoms with Crippen LogP contribution in [0.15, 0.2) is 39.3 Å². The summed E-state index contributed by atoms with van der Waals surface area (Å²) in [6, 6.07) is 9.48. The Morgan fingerprint density at radius 3 is 2.26 bits per heavy atom. The molecule has 0 aliphatic carbocycles. The average Bonchev–Trinajstić information content (AvgIpc) is 2.36. The molecule has 2 aromatic carbocycles. The van der Waals surface area contributed by atoms with E-state index in [1.807, 2.05) is 25.1 Å². The van der Waals surface area contributed by atoms with Crippen molar-refractivity contribution in [3.63, 3.8) is 0 Å². The van der Waals surface area contributed by atoms with Gasteiger partial charge in [0.1, 0.15) is 0 Å². The summed E-state index contributed by atoms with van der Waals surface area (Å²) in [7, 11) is 0. The van der Waals surface area contributed by atoms with Gasteiger partial charge in [-0.1, -0.05) is 61.1 Å². The van der Waals surface area contributed by atoms with E-state index in [-0.39, 0.29) is 5.38 Å². The maximum Gasteiger partial charge on any atom is 0.0847 e. The monoisotopic (exact) mass is 440 g/mol. The molecular weight excluding hydrogens is 434 g/mol. The average molecular weight is 443 g/mol. The molecule has 100 valence electrons. The van der Waals surface area contributed by atoms with Gasteiger partial charge in [-0.2, -0.15) is 0 Å². The molecule has 2 rings (SSSR count). The molecule has 0 nitrogen and oxygen atoms in total. The summed E-state index contributed by atoms with van der Waals surface area (Å²) in [6.07, 6.45) is 0. The third-order valence-corrected chi connectivity index (χ3v) is 5.55. The van der Waals surface area contributed by atoms with Crippen LogP contribution >= 0.6 is 66.7 Å². The molecule has 0 amide bonds. The number of alkyl halides is 1. The van der Waals surface area contributed by atoms with Crippen molar-refractivity contribution in [2.45, 2.75) is 12.3 Å². The van der Waals surface area contributed by atoms with Crippen molar-refractivity contribution in [3.05, 3.63) is 66.0 Å². The Bertz CT molecular complexity index is 626. The van der Waals surface area contributed by atoms with Crippen LogP contribution in [0.25, 0.3) is 0 Å². The number of aryl methyl sites for hydroxylation is 1. The molecule has 2 aromatic rings. The Balaban J connectivity index is 2.46. The molecule has 0 saturated carbocycles. The van der Waals surface area contributed by atoms with Gasteiger partial charge in [-0.25, -0.2) is 0 Å². The van der Waals surface area contributed by atoms with Gasteiger partial charge in [0.25, 0.3) is 0 Å². The van der Waals surface area contributed by atoms with Gasteiger partial charge in [-0.15, -0.1) is 11.6 Å². The minimum absolute atomic E-state index is 0.291. The highest BCUT2D eigenvalue weighted by molar-refractivity contribution is 9.11. The van der Waals surface area contributed by atoms with Gasteiger partial charge < -0.3 is 0 Å². The summed E-state index contributed by atoms with van der Waals surface area (Å²) in [5.41, 5.74) is 3.04. The number of hydrogen-bond acceptors (Lipinski definition) is 0. The van der Waals surface area contributed by atoms with E-state index in [2.05, 4.69) is 31.9 Å². The van der Waals surface area contributed by atoms with Gasteiger partial charge in [-0.05, 0) is 47.9 Å². The molecule has 0 aliphatic heterocycles. The molecule has 5 heteroatoms. The summed E-state index contributed by atoms with van der Waals surface area (Å²) in [6.45, 7) is 2.03. The Hall–Kier alpha value is 0.270. The van der Waals surface area contributed by atoms with E-state index < -0.39 is 0 Å². The fraction of sp³-hybridized carbons (Fsp3) is 0.143. The SMILES string of the molecule is Cc1cc(Br)c(C(Cl)c2ccc(Cl)c(Cl)c2)cc1Br. The highest BCUT2D eigenvalue weighted by atomic mass is 79.9. The summed E-state index contributed by atoms with van der Waals surface area (Å²) in [5.74, 6) is 0. The summed E-state index contributed by atoms with van der Waals surface area (Å²) in [5, 5.41) is 0.742. The van der Waals surface area contributed by atoms with Crippen LogP contribution in [0.5, 0.6) is 0 Å². The van der Waals surface area contributed by atoms with Gasteiger partial charge in [0, 0.05) is 8.95 Å². The second kappa shape index (κ2) is 6.36. The Morgan fingerprint density at radius 2 is 1.63 bits per heavy atom. The molecular formula is C14H9Br2Cl3. The second-order valence-corrected chi connectivity index (χ2v) is 7.12. The maximum atomic E-state index is 6.53. The van der Waals surface area contributed by atoms with E-state index in [1.54, 1.807) is 12.1 Å². The van der Waals surface area contributed by atoms with Crippen LogP contribution in [0.1, 0.15) is 22.1 Å². The number of halogens is 5. The lowest BCUT2D eigenvalue weighted by atomic mass is 10.0. The molecule has 0 radical (unpaired) electrons. The summed E-state index contributed by atoms with van der Waals surface area (Å²) < 4.78 is 2.00. The second-order valence-electron chi connectivity index (χ2n) is 4.16. The molecule has 0 bridgehead atoms. The van der Waals surface area contributed by atoms with Crippen LogP contribution in [-0.2, 0) is 0 Å². The van der Waals surface area contributed by atoms with E-state index in [0.29, 0.717) is 10.0 Å². The number of hydrogen-bond donors (Lipinski definition) is 0. The van der Waals surface area contributed by atoms with Crippen LogP contribution in [-0.4, -0.2) is 0 Å². The molecule has 0 saturated heterocycles. The highest BCUT2D eigenvalue weighted by Crippen LogP contribution is 2.38. The predicted molar refractivity (Wildman–Crippen MR) is 90.7 cm³/mol. The molecule has 0 aromatic heterocycles. The van der Waals surface area contributed by atoms with Crippen LogP contribution in [0.3, 0.4) is 0 Å². The number of benzene rings is 2. The topological polar surface area (TPSA) is 0 Å². The van der Waals surface area contributed by atoms with Crippen LogP contribution < -0.4 is 0 Å². The van der Waals surface area contributed by atoms with Gasteiger partial charge in [0.15, 0.2) is 0 Å². The van der Waals surface area contributed by atoms with Crippen LogP contribution in [0.4, 0.5) is 0 Å². The minimum Gasteiger partial charge on any atom is -0.113 e. The standard InChI is InChI=1S/C14H9Br2Cl3/c1-7-4-11(16)9(6-10(7)15)14(19)8-2-3-12(17)13(18)5-8/h2-6,14H,1H3. The van der Waals surface area contributed by atoms with Crippen LogP contribution in [0.2, 0.25) is 10.0 Å². The van der Waals surface area contributed by atoms with Crippen molar-refractivity contribution >= 4 is 66.7 Å². The van der Waals surface area contributed by atoms with Crippen molar-refractivity contribution < 1.29 is 0 Å². The van der Waals surface area contributed by atoms with Crippen molar-refractivity contribution in [3.8, 4) is 0 Å². The van der Waals surface area contributed by atoms with Crippen molar-refractivity contribution in [1.29, 1.82) is 0 Å². The van der Waals surface area contributed by atoms with E-state index in [1.165, 1.54) is 0 Å². The molecule has 0 aliphatic rings. The fourth-order valence-electron chi connectivity index (χ4n) is 1.71. The molecule has 1 atom stereocenters. The zero-order valence-corrected chi connectivity index (χ0v) is 15.3.